The van der Waals surface area contributed by atoms with Crippen molar-refractivity contribution in [1.82, 2.24) is 0 Å². The summed E-state index contributed by atoms with van der Waals surface area (Å²) in [5, 5.41) is 8.17. The van der Waals surface area contributed by atoms with E-state index in [-0.39, 0.29) is 5.57 Å². The van der Waals surface area contributed by atoms with Gasteiger partial charge in [0.25, 0.3) is 0 Å². The van der Waals surface area contributed by atoms with E-state index in [2.05, 4.69) is 13.2 Å². The quantitative estimate of drug-likeness (QED) is 0.456. The molecule has 0 aromatic carbocycles. The summed E-state index contributed by atoms with van der Waals surface area (Å²) in [4.78, 5) is 0. The van der Waals surface area contributed by atoms with Gasteiger partial charge in [0.05, 0.1) is 6.07 Å². The average Bonchev–Trinajstić information content (AvgIpc) is 2.07. The molecule has 0 aliphatic carbocycles. The lowest BCUT2D eigenvalue weighted by Gasteiger charge is -1.90. The molecular weight excluding hydrogens is 153 g/mol. The van der Waals surface area contributed by atoms with E-state index >= 15 is 0 Å². The maximum atomic E-state index is 12.5. The maximum Gasteiger partial charge on any atom is 0.126 e. The molecule has 0 aromatic heterocycles. The lowest BCUT2D eigenvalue weighted by molar-refractivity contribution is 0.652. The van der Waals surface area contributed by atoms with Gasteiger partial charge in [-0.2, -0.15) is 5.26 Å². The molecule has 12 heavy (non-hydrogen) atoms. The van der Waals surface area contributed by atoms with Crippen molar-refractivity contribution in [3.05, 3.63) is 36.2 Å². The first-order chi connectivity index (χ1) is 5.57. The number of hydrogen-bond donors (Lipinski definition) is 0. The molecule has 0 aliphatic heterocycles. The lowest BCUT2D eigenvalue weighted by Crippen LogP contribution is -1.75. The Morgan fingerprint density at radius 3 is 2.08 bits per heavy atom. The second-order valence-corrected chi connectivity index (χ2v) is 1.91. The van der Waals surface area contributed by atoms with Crippen molar-refractivity contribution in [2.45, 2.75) is 20.8 Å². The van der Waals surface area contributed by atoms with Crippen molar-refractivity contribution in [2.24, 2.45) is 0 Å². The highest BCUT2D eigenvalue weighted by Crippen LogP contribution is 2.09. The van der Waals surface area contributed by atoms with Crippen molar-refractivity contribution in [3.63, 3.8) is 0 Å². The Hall–Kier alpha value is -1.36. The number of nitrogens with zero attached hydrogens (tertiary/aromatic N) is 1. The summed E-state index contributed by atoms with van der Waals surface area (Å²) in [6.07, 6.45) is 1.06. The molecule has 66 valence electrons. The molecule has 0 aliphatic rings. The van der Waals surface area contributed by atoms with Crippen molar-refractivity contribution in [1.29, 1.82) is 5.26 Å². The third-order valence-electron chi connectivity index (χ3n) is 0.852. The van der Waals surface area contributed by atoms with Crippen LogP contribution in [0.25, 0.3) is 0 Å². The molecule has 0 atom stereocenters. The summed E-state index contributed by atoms with van der Waals surface area (Å²) in [5.74, 6) is -0.494. The van der Waals surface area contributed by atoms with E-state index < -0.39 is 5.83 Å². The Bertz CT molecular complexity index is 231. The molecule has 0 spiro atoms. The van der Waals surface area contributed by atoms with E-state index in [9.17, 15) is 4.39 Å². The lowest BCUT2D eigenvalue weighted by atomic mass is 10.2. The fourth-order valence-electron chi connectivity index (χ4n) is 0.308. The predicted molar refractivity (Wildman–Crippen MR) is 50.1 cm³/mol. The van der Waals surface area contributed by atoms with E-state index in [1.165, 1.54) is 6.92 Å². The van der Waals surface area contributed by atoms with Gasteiger partial charge in [-0.05, 0) is 18.6 Å². The van der Waals surface area contributed by atoms with Gasteiger partial charge in [-0.1, -0.05) is 27.0 Å². The van der Waals surface area contributed by atoms with Gasteiger partial charge in [-0.3, -0.25) is 0 Å². The predicted octanol–water partition coefficient (Wildman–Crippen LogP) is 3.52. The van der Waals surface area contributed by atoms with Gasteiger partial charge in [0.15, 0.2) is 0 Å². The Labute approximate surface area is 73.5 Å². The van der Waals surface area contributed by atoms with Gasteiger partial charge in [-0.15, -0.1) is 0 Å². The van der Waals surface area contributed by atoms with Crippen LogP contribution in [0.3, 0.4) is 0 Å². The normalized spacial score (nSPS) is 9.08. The minimum Gasteiger partial charge on any atom is -0.207 e. The van der Waals surface area contributed by atoms with Crippen LogP contribution in [0.4, 0.5) is 4.39 Å². The molecule has 0 aromatic rings. The van der Waals surface area contributed by atoms with Crippen LogP contribution in [0.5, 0.6) is 0 Å². The zero-order valence-corrected chi connectivity index (χ0v) is 7.82. The van der Waals surface area contributed by atoms with Gasteiger partial charge < -0.3 is 0 Å². The van der Waals surface area contributed by atoms with Gasteiger partial charge in [0.1, 0.15) is 5.83 Å². The second kappa shape index (κ2) is 7.74. The zero-order valence-electron chi connectivity index (χ0n) is 7.82. The summed E-state index contributed by atoms with van der Waals surface area (Å²) in [5.41, 5.74) is 0.400. The van der Waals surface area contributed by atoms with Gasteiger partial charge in [0, 0.05) is 5.57 Å². The fourth-order valence-corrected chi connectivity index (χ4v) is 0.308. The zero-order chi connectivity index (χ0) is 10.1. The van der Waals surface area contributed by atoms with E-state index in [0.717, 1.165) is 6.08 Å². The molecule has 0 unspecified atom stereocenters. The Morgan fingerprint density at radius 1 is 1.42 bits per heavy atom. The van der Waals surface area contributed by atoms with Crippen LogP contribution in [-0.4, -0.2) is 0 Å². The molecule has 1 nitrogen and oxygen atoms in total. The number of hydrogen-bond acceptors (Lipinski definition) is 1. The first-order valence-electron chi connectivity index (χ1n) is 3.70. The van der Waals surface area contributed by atoms with Crippen LogP contribution >= 0.6 is 0 Å². The van der Waals surface area contributed by atoms with Gasteiger partial charge in [0.2, 0.25) is 0 Å². The monoisotopic (exact) mass is 167 g/mol. The summed E-state index contributed by atoms with van der Waals surface area (Å²) in [7, 11) is 0. The Balaban J connectivity index is 0. The van der Waals surface area contributed by atoms with Crippen molar-refractivity contribution >= 4 is 0 Å². The first-order valence-corrected chi connectivity index (χ1v) is 3.70. The average molecular weight is 167 g/mol. The van der Waals surface area contributed by atoms with Crippen molar-refractivity contribution in [3.8, 4) is 6.07 Å². The summed E-state index contributed by atoms with van der Waals surface area (Å²) in [6.45, 7) is 12.1. The third-order valence-corrected chi connectivity index (χ3v) is 0.852. The minimum absolute atomic E-state index is 0.0977. The summed E-state index contributed by atoms with van der Waals surface area (Å²) in [6, 6.07) is 1.70. The number of allylic oxidation sites excluding steroid dienone is 4. The second-order valence-electron chi connectivity index (χ2n) is 1.91. The van der Waals surface area contributed by atoms with Crippen LogP contribution in [0.1, 0.15) is 20.8 Å². The first kappa shape index (κ1) is 13.2. The molecule has 0 amide bonds. The van der Waals surface area contributed by atoms with Crippen LogP contribution in [0, 0.1) is 11.3 Å². The third kappa shape index (κ3) is 6.76. The van der Waals surface area contributed by atoms with E-state index in [1.807, 2.05) is 13.8 Å². The minimum atomic E-state index is -0.494. The van der Waals surface area contributed by atoms with Crippen LogP contribution in [0.2, 0.25) is 0 Å². The molecule has 0 heterocycles. The molecule has 0 saturated carbocycles. The highest BCUT2D eigenvalue weighted by atomic mass is 19.1. The number of rotatable bonds is 2. The highest BCUT2D eigenvalue weighted by Gasteiger charge is 1.94. The van der Waals surface area contributed by atoms with Crippen LogP contribution in [0.15, 0.2) is 36.2 Å². The van der Waals surface area contributed by atoms with Crippen LogP contribution in [-0.2, 0) is 0 Å². The molecule has 0 radical (unpaired) electrons. The summed E-state index contributed by atoms with van der Waals surface area (Å²) >= 11 is 0. The van der Waals surface area contributed by atoms with E-state index in [0.29, 0.717) is 5.57 Å². The molecule has 0 saturated heterocycles. The number of nitriles is 1. The Kier molecular flexibility index (Phi) is 8.55. The topological polar surface area (TPSA) is 23.8 Å². The molecule has 2 heteroatoms. The Morgan fingerprint density at radius 2 is 1.83 bits per heavy atom. The van der Waals surface area contributed by atoms with E-state index in [4.69, 9.17) is 5.26 Å². The molecule has 0 N–H and O–H groups in total. The SMILES string of the molecule is C=C(C#N)/C=C(/F)C(=C)C.CC. The fraction of sp³-hybridized carbons (Fsp3) is 0.300. The smallest absolute Gasteiger partial charge is 0.126 e. The van der Waals surface area contributed by atoms with Crippen LogP contribution < -0.4 is 0 Å². The standard InChI is InChI=1S/C8H8FN.C2H6/c1-6(2)8(9)4-7(3)5-10;1-2/h4H,1,3H2,2H3;1-2H3/b8-4+;. The number of halogens is 1. The largest absolute Gasteiger partial charge is 0.207 e. The maximum absolute atomic E-state index is 12.5. The van der Waals surface area contributed by atoms with Crippen molar-refractivity contribution < 1.29 is 4.39 Å². The summed E-state index contributed by atoms with van der Waals surface area (Å²) < 4.78 is 12.5. The molecule has 0 fully saturated rings. The van der Waals surface area contributed by atoms with E-state index in [1.54, 1.807) is 6.07 Å². The van der Waals surface area contributed by atoms with Gasteiger partial charge >= 0.3 is 0 Å². The van der Waals surface area contributed by atoms with Gasteiger partial charge in [-0.25, -0.2) is 4.39 Å². The molecule has 0 rings (SSSR count). The highest BCUT2D eigenvalue weighted by molar-refractivity contribution is 5.36. The molecule has 0 bridgehead atoms. The molecular formula is C10H14FN. The van der Waals surface area contributed by atoms with Crippen molar-refractivity contribution in [2.75, 3.05) is 0 Å².